The van der Waals surface area contributed by atoms with Crippen molar-refractivity contribution in [3.8, 4) is 5.75 Å². The van der Waals surface area contributed by atoms with Crippen LogP contribution in [0.5, 0.6) is 5.75 Å². The van der Waals surface area contributed by atoms with Crippen LogP contribution in [0, 0.1) is 5.82 Å². The zero-order valence-electron chi connectivity index (χ0n) is 17.0. The molecule has 1 aliphatic rings. The van der Waals surface area contributed by atoms with Crippen molar-refractivity contribution in [2.24, 2.45) is 0 Å². The smallest absolute Gasteiger partial charge is 0.316 e. The maximum atomic E-state index is 14.5. The number of nitrogens with two attached hydrogens (primary N) is 1. The number of carbonyl (C=O) groups is 1. The Morgan fingerprint density at radius 2 is 2.00 bits per heavy atom. The van der Waals surface area contributed by atoms with Crippen LogP contribution in [0.25, 0.3) is 10.9 Å². The van der Waals surface area contributed by atoms with E-state index >= 15 is 0 Å². The lowest BCUT2D eigenvalue weighted by Gasteiger charge is -2.35. The van der Waals surface area contributed by atoms with E-state index in [0.29, 0.717) is 43.2 Å². The van der Waals surface area contributed by atoms with Crippen molar-refractivity contribution in [2.75, 3.05) is 26.1 Å². The molecule has 0 unspecified atom stereocenters. The molecule has 162 valence electrons. The van der Waals surface area contributed by atoms with Crippen LogP contribution < -0.4 is 10.5 Å². The molecule has 31 heavy (non-hydrogen) atoms. The van der Waals surface area contributed by atoms with Crippen molar-refractivity contribution < 1.29 is 23.4 Å². The van der Waals surface area contributed by atoms with Gasteiger partial charge in [-0.1, -0.05) is 12.1 Å². The topological polar surface area (TPSA) is 83.7 Å². The number of hydrogen-bond acceptors (Lipinski definition) is 6. The Morgan fingerprint density at radius 1 is 1.23 bits per heavy atom. The van der Waals surface area contributed by atoms with Gasteiger partial charge in [-0.3, -0.25) is 4.79 Å². The molecule has 0 spiro atoms. The van der Waals surface area contributed by atoms with Gasteiger partial charge in [-0.15, -0.1) is 0 Å². The molecule has 0 bridgehead atoms. The number of ether oxygens (including phenoxy) is 3. The number of anilines is 1. The standard InChI is InChI=1S/C23H22BrFN2O4/c1-29-22(28)23(4-6-30-7-5-23)15-9-16(25)11-17(10-15)31-13-14-2-3-18-19(24)12-21(26)27-20(18)8-14/h2-3,8-12H,4-7,13H2,1H3,(H2,26,27). The summed E-state index contributed by atoms with van der Waals surface area (Å²) in [6, 6.07) is 11.9. The summed E-state index contributed by atoms with van der Waals surface area (Å²) in [7, 11) is 1.34. The quantitative estimate of drug-likeness (QED) is 0.531. The van der Waals surface area contributed by atoms with E-state index in [9.17, 15) is 9.18 Å². The van der Waals surface area contributed by atoms with Crippen molar-refractivity contribution in [1.82, 2.24) is 4.98 Å². The zero-order chi connectivity index (χ0) is 22.0. The lowest BCUT2D eigenvalue weighted by molar-refractivity contribution is -0.151. The average Bonchev–Trinajstić information content (AvgIpc) is 2.76. The van der Waals surface area contributed by atoms with Gasteiger partial charge in [0, 0.05) is 29.1 Å². The zero-order valence-corrected chi connectivity index (χ0v) is 18.6. The van der Waals surface area contributed by atoms with E-state index in [1.165, 1.54) is 19.2 Å². The minimum absolute atomic E-state index is 0.210. The van der Waals surface area contributed by atoms with Crippen LogP contribution >= 0.6 is 15.9 Å². The molecule has 6 nitrogen and oxygen atoms in total. The molecule has 0 saturated carbocycles. The van der Waals surface area contributed by atoms with Crippen LogP contribution in [0.4, 0.5) is 10.2 Å². The number of hydrogen-bond donors (Lipinski definition) is 1. The van der Waals surface area contributed by atoms with Crippen LogP contribution in [0.3, 0.4) is 0 Å². The van der Waals surface area contributed by atoms with E-state index in [1.807, 2.05) is 18.2 Å². The molecule has 2 N–H and O–H groups in total. The molecule has 2 aromatic carbocycles. The summed E-state index contributed by atoms with van der Waals surface area (Å²) in [5, 5.41) is 0.936. The summed E-state index contributed by atoms with van der Waals surface area (Å²) in [5.74, 6) is -0.112. The highest BCUT2D eigenvalue weighted by Gasteiger charge is 2.43. The van der Waals surface area contributed by atoms with Gasteiger partial charge < -0.3 is 19.9 Å². The number of halogens is 2. The number of rotatable bonds is 5. The minimum atomic E-state index is -0.941. The maximum Gasteiger partial charge on any atom is 0.316 e. The SMILES string of the molecule is COC(=O)C1(c2cc(F)cc(OCc3ccc4c(Br)cc(N)nc4c3)c2)CCOCC1. The van der Waals surface area contributed by atoms with Crippen LogP contribution in [-0.4, -0.2) is 31.3 Å². The summed E-state index contributed by atoms with van der Waals surface area (Å²) in [5.41, 5.74) is 7.02. The van der Waals surface area contributed by atoms with Crippen molar-refractivity contribution in [3.05, 3.63) is 63.9 Å². The molecule has 3 aromatic rings. The lowest BCUT2D eigenvalue weighted by Crippen LogP contribution is -2.42. The number of nitrogen functional groups attached to an aromatic ring is 1. The number of esters is 1. The van der Waals surface area contributed by atoms with Gasteiger partial charge in [0.1, 0.15) is 24.0 Å². The Bertz CT molecular complexity index is 1130. The van der Waals surface area contributed by atoms with Gasteiger partial charge in [0.25, 0.3) is 0 Å². The maximum absolute atomic E-state index is 14.5. The van der Waals surface area contributed by atoms with Gasteiger partial charge in [-0.05, 0) is 64.2 Å². The monoisotopic (exact) mass is 488 g/mol. The largest absolute Gasteiger partial charge is 0.489 e. The fourth-order valence-electron chi connectivity index (χ4n) is 3.96. The number of methoxy groups -OCH3 is 1. The molecule has 1 aromatic heterocycles. The third-order valence-electron chi connectivity index (χ3n) is 5.60. The van der Waals surface area contributed by atoms with Crippen LogP contribution in [-0.2, 0) is 26.3 Å². The molecule has 1 fully saturated rings. The van der Waals surface area contributed by atoms with Crippen molar-refractivity contribution in [3.63, 3.8) is 0 Å². The first-order chi connectivity index (χ1) is 14.9. The number of carbonyl (C=O) groups excluding carboxylic acids is 1. The summed E-state index contributed by atoms with van der Waals surface area (Å²) < 4.78 is 31.6. The van der Waals surface area contributed by atoms with Crippen LogP contribution in [0.2, 0.25) is 0 Å². The summed E-state index contributed by atoms with van der Waals surface area (Å²) >= 11 is 3.48. The highest BCUT2D eigenvalue weighted by molar-refractivity contribution is 9.10. The van der Waals surface area contributed by atoms with E-state index in [4.69, 9.17) is 19.9 Å². The summed E-state index contributed by atoms with van der Waals surface area (Å²) in [6.07, 6.45) is 0.852. The Morgan fingerprint density at radius 3 is 2.74 bits per heavy atom. The number of fused-ring (bicyclic) bond motifs is 1. The molecule has 4 rings (SSSR count). The van der Waals surface area contributed by atoms with E-state index in [0.717, 1.165) is 20.9 Å². The normalized spacial score (nSPS) is 15.6. The Labute approximate surface area is 187 Å². The third kappa shape index (κ3) is 4.36. The van der Waals surface area contributed by atoms with Gasteiger partial charge in [-0.2, -0.15) is 0 Å². The van der Waals surface area contributed by atoms with Crippen molar-refractivity contribution >= 4 is 38.6 Å². The average molecular weight is 489 g/mol. The molecule has 2 heterocycles. The summed E-state index contributed by atoms with van der Waals surface area (Å²) in [6.45, 7) is 1.02. The number of nitrogens with zero attached hydrogens (tertiary/aromatic N) is 1. The first-order valence-electron chi connectivity index (χ1n) is 9.86. The van der Waals surface area contributed by atoms with E-state index in [2.05, 4.69) is 20.9 Å². The van der Waals surface area contributed by atoms with Crippen LogP contribution in [0.1, 0.15) is 24.0 Å². The molecular formula is C23H22BrFN2O4. The van der Waals surface area contributed by atoms with Gasteiger partial charge in [0.15, 0.2) is 0 Å². The minimum Gasteiger partial charge on any atom is -0.489 e. The van der Waals surface area contributed by atoms with E-state index in [-0.39, 0.29) is 6.61 Å². The van der Waals surface area contributed by atoms with Crippen molar-refractivity contribution in [1.29, 1.82) is 0 Å². The van der Waals surface area contributed by atoms with Gasteiger partial charge in [-0.25, -0.2) is 9.37 Å². The predicted molar refractivity (Wildman–Crippen MR) is 118 cm³/mol. The number of aromatic nitrogens is 1. The second-order valence-electron chi connectivity index (χ2n) is 7.53. The molecule has 0 aliphatic carbocycles. The Kier molecular flexibility index (Phi) is 6.11. The molecule has 8 heteroatoms. The second kappa shape index (κ2) is 8.80. The Hall–Kier alpha value is -2.71. The highest BCUT2D eigenvalue weighted by Crippen LogP contribution is 2.38. The first-order valence-corrected chi connectivity index (χ1v) is 10.7. The first kappa shape index (κ1) is 21.5. The fourth-order valence-corrected chi connectivity index (χ4v) is 4.53. The third-order valence-corrected chi connectivity index (χ3v) is 6.25. The molecule has 1 saturated heterocycles. The lowest BCUT2D eigenvalue weighted by atomic mass is 9.74. The Balaban J connectivity index is 1.60. The molecule has 0 atom stereocenters. The summed E-state index contributed by atoms with van der Waals surface area (Å²) in [4.78, 5) is 17.0. The molecule has 0 amide bonds. The molecule has 1 aliphatic heterocycles. The number of pyridine rings is 1. The number of benzene rings is 2. The van der Waals surface area contributed by atoms with Gasteiger partial charge in [0.05, 0.1) is 18.0 Å². The highest BCUT2D eigenvalue weighted by atomic mass is 79.9. The fraction of sp³-hybridized carbons (Fsp3) is 0.304. The van der Waals surface area contributed by atoms with Gasteiger partial charge in [0.2, 0.25) is 0 Å². The van der Waals surface area contributed by atoms with Crippen molar-refractivity contribution in [2.45, 2.75) is 24.9 Å². The molecular weight excluding hydrogens is 467 g/mol. The predicted octanol–water partition coefficient (Wildman–Crippen LogP) is 4.52. The molecule has 0 radical (unpaired) electrons. The second-order valence-corrected chi connectivity index (χ2v) is 8.39. The van der Waals surface area contributed by atoms with Gasteiger partial charge >= 0.3 is 5.97 Å². The van der Waals surface area contributed by atoms with E-state index < -0.39 is 17.2 Å². The van der Waals surface area contributed by atoms with Crippen LogP contribution in [0.15, 0.2) is 46.9 Å². The van der Waals surface area contributed by atoms with E-state index in [1.54, 1.807) is 12.1 Å².